The van der Waals surface area contributed by atoms with Crippen LogP contribution in [0.3, 0.4) is 0 Å². The van der Waals surface area contributed by atoms with Crippen LogP contribution in [0.5, 0.6) is 0 Å². The summed E-state index contributed by atoms with van der Waals surface area (Å²) < 4.78 is 0. The fourth-order valence-electron chi connectivity index (χ4n) is 1.29. The second-order valence-electron chi connectivity index (χ2n) is 3.39. The van der Waals surface area contributed by atoms with Gasteiger partial charge in [0, 0.05) is 0 Å². The van der Waals surface area contributed by atoms with Crippen molar-refractivity contribution >= 4 is 0 Å². The van der Waals surface area contributed by atoms with Gasteiger partial charge in [0.15, 0.2) is 0 Å². The third-order valence-electron chi connectivity index (χ3n) is 1.96. The van der Waals surface area contributed by atoms with Gasteiger partial charge in [0.2, 0.25) is 0 Å². The number of allylic oxidation sites excluding steroid dienone is 1. The Bertz CT molecular complexity index is 369. The molecule has 1 aromatic rings. The fourth-order valence-corrected chi connectivity index (χ4v) is 1.29. The first-order chi connectivity index (χ1) is 6.13. The lowest BCUT2D eigenvalue weighted by Crippen LogP contribution is -1.90. The highest BCUT2D eigenvalue weighted by Crippen LogP contribution is 2.13. The summed E-state index contributed by atoms with van der Waals surface area (Å²) in [6, 6.07) is 7.90. The second-order valence-corrected chi connectivity index (χ2v) is 3.39. The predicted octanol–water partition coefficient (Wildman–Crippen LogP) is 2.99. The van der Waals surface area contributed by atoms with Crippen molar-refractivity contribution in [3.05, 3.63) is 47.0 Å². The van der Waals surface area contributed by atoms with Crippen LogP contribution in [0.1, 0.15) is 23.6 Å². The Kier molecular flexibility index (Phi) is 2.87. The number of nitrogens with zero attached hydrogens (tertiary/aromatic N) is 1. The number of benzene rings is 1. The van der Waals surface area contributed by atoms with Crippen molar-refractivity contribution < 1.29 is 0 Å². The molecule has 1 aromatic carbocycles. The zero-order chi connectivity index (χ0) is 9.84. The van der Waals surface area contributed by atoms with Crippen LogP contribution in [0.25, 0.3) is 0 Å². The largest absolute Gasteiger partial charge is 0.192 e. The molecule has 0 aromatic heterocycles. The molecule has 0 bridgehead atoms. The third kappa shape index (κ3) is 2.45. The number of rotatable bonds is 2. The Labute approximate surface area is 79.3 Å². The Morgan fingerprint density at radius 3 is 2.69 bits per heavy atom. The van der Waals surface area contributed by atoms with Gasteiger partial charge in [-0.2, -0.15) is 5.26 Å². The quantitative estimate of drug-likeness (QED) is 0.627. The number of nitriles is 1. The first kappa shape index (κ1) is 9.54. The van der Waals surface area contributed by atoms with Crippen molar-refractivity contribution in [3.8, 4) is 6.07 Å². The molecule has 0 heterocycles. The standard InChI is InChI=1S/C12H13N/c1-9(2)6-12-5-4-11(8-13)7-10(12)3/h4-5,7H,1,6H2,2-3H3. The van der Waals surface area contributed by atoms with Gasteiger partial charge < -0.3 is 0 Å². The number of aryl methyl sites for hydroxylation is 1. The first-order valence-electron chi connectivity index (χ1n) is 4.27. The molecule has 0 unspecified atom stereocenters. The van der Waals surface area contributed by atoms with Gasteiger partial charge in [-0.15, -0.1) is 0 Å². The molecule has 0 aliphatic rings. The molecule has 0 saturated heterocycles. The van der Waals surface area contributed by atoms with E-state index >= 15 is 0 Å². The highest BCUT2D eigenvalue weighted by molar-refractivity contribution is 5.38. The van der Waals surface area contributed by atoms with E-state index in [4.69, 9.17) is 5.26 Å². The summed E-state index contributed by atoms with van der Waals surface area (Å²) in [5.74, 6) is 0. The fraction of sp³-hybridized carbons (Fsp3) is 0.250. The van der Waals surface area contributed by atoms with Gasteiger partial charge >= 0.3 is 0 Å². The SMILES string of the molecule is C=C(C)Cc1ccc(C#N)cc1C. The molecule has 1 nitrogen and oxygen atoms in total. The molecule has 0 fully saturated rings. The molecule has 0 amide bonds. The van der Waals surface area contributed by atoms with E-state index < -0.39 is 0 Å². The molecule has 0 radical (unpaired) electrons. The second kappa shape index (κ2) is 3.91. The van der Waals surface area contributed by atoms with Crippen LogP contribution in [-0.2, 0) is 6.42 Å². The monoisotopic (exact) mass is 171 g/mol. The average Bonchev–Trinajstić information content (AvgIpc) is 2.08. The molecular formula is C12H13N. The molecule has 1 heteroatoms. The summed E-state index contributed by atoms with van der Waals surface area (Å²) in [7, 11) is 0. The van der Waals surface area contributed by atoms with Gasteiger partial charge in [0.1, 0.15) is 0 Å². The van der Waals surface area contributed by atoms with E-state index in [9.17, 15) is 0 Å². The highest BCUT2D eigenvalue weighted by Gasteiger charge is 1.99. The molecule has 1 rings (SSSR count). The van der Waals surface area contributed by atoms with Crippen LogP contribution in [-0.4, -0.2) is 0 Å². The van der Waals surface area contributed by atoms with Gasteiger partial charge in [-0.25, -0.2) is 0 Å². The molecule has 0 atom stereocenters. The maximum Gasteiger partial charge on any atom is 0.0991 e. The summed E-state index contributed by atoms with van der Waals surface area (Å²) in [5, 5.41) is 8.67. The van der Waals surface area contributed by atoms with Crippen molar-refractivity contribution in [2.75, 3.05) is 0 Å². The zero-order valence-electron chi connectivity index (χ0n) is 8.09. The summed E-state index contributed by atoms with van der Waals surface area (Å²) in [6.45, 7) is 7.91. The summed E-state index contributed by atoms with van der Waals surface area (Å²) in [4.78, 5) is 0. The minimum Gasteiger partial charge on any atom is -0.192 e. The zero-order valence-corrected chi connectivity index (χ0v) is 8.09. The van der Waals surface area contributed by atoms with E-state index in [1.54, 1.807) is 0 Å². The van der Waals surface area contributed by atoms with Crippen LogP contribution < -0.4 is 0 Å². The average molecular weight is 171 g/mol. The molecule has 0 spiro atoms. The van der Waals surface area contributed by atoms with Crippen molar-refractivity contribution in [1.82, 2.24) is 0 Å². The van der Waals surface area contributed by atoms with Crippen LogP contribution in [0, 0.1) is 18.3 Å². The van der Waals surface area contributed by atoms with Crippen molar-refractivity contribution in [2.45, 2.75) is 20.3 Å². The molecule has 0 aliphatic carbocycles. The van der Waals surface area contributed by atoms with Crippen molar-refractivity contribution in [2.24, 2.45) is 0 Å². The topological polar surface area (TPSA) is 23.8 Å². The predicted molar refractivity (Wildman–Crippen MR) is 54.4 cm³/mol. The first-order valence-corrected chi connectivity index (χ1v) is 4.27. The third-order valence-corrected chi connectivity index (χ3v) is 1.96. The molecule has 0 saturated carbocycles. The minimum atomic E-state index is 0.725. The van der Waals surface area contributed by atoms with Crippen LogP contribution in [0.4, 0.5) is 0 Å². The van der Waals surface area contributed by atoms with E-state index in [0.29, 0.717) is 0 Å². The van der Waals surface area contributed by atoms with Crippen LogP contribution in [0.15, 0.2) is 30.4 Å². The molecular weight excluding hydrogens is 158 g/mol. The Morgan fingerprint density at radius 1 is 1.54 bits per heavy atom. The Morgan fingerprint density at radius 2 is 2.23 bits per heavy atom. The Hall–Kier alpha value is -1.55. The van der Waals surface area contributed by atoms with Gasteiger partial charge in [0.05, 0.1) is 11.6 Å². The van der Waals surface area contributed by atoms with Crippen molar-refractivity contribution in [3.63, 3.8) is 0 Å². The van der Waals surface area contributed by atoms with E-state index in [0.717, 1.165) is 17.6 Å². The maximum absolute atomic E-state index is 8.67. The lowest BCUT2D eigenvalue weighted by molar-refractivity contribution is 1.12. The maximum atomic E-state index is 8.67. The molecule has 13 heavy (non-hydrogen) atoms. The van der Waals surface area contributed by atoms with E-state index in [1.807, 2.05) is 32.0 Å². The summed E-state index contributed by atoms with van der Waals surface area (Å²) in [5.41, 5.74) is 4.30. The smallest absolute Gasteiger partial charge is 0.0991 e. The number of hydrogen-bond donors (Lipinski definition) is 0. The Balaban J connectivity index is 3.00. The summed E-state index contributed by atoms with van der Waals surface area (Å²) >= 11 is 0. The van der Waals surface area contributed by atoms with Gasteiger partial charge in [0.25, 0.3) is 0 Å². The van der Waals surface area contributed by atoms with E-state index in [2.05, 4.69) is 12.6 Å². The minimum absolute atomic E-state index is 0.725. The summed E-state index contributed by atoms with van der Waals surface area (Å²) in [6.07, 6.45) is 0.900. The molecule has 0 aliphatic heterocycles. The lowest BCUT2D eigenvalue weighted by atomic mass is 10.0. The van der Waals surface area contributed by atoms with Crippen molar-refractivity contribution in [1.29, 1.82) is 5.26 Å². The molecule has 0 N–H and O–H groups in total. The van der Waals surface area contributed by atoms with Gasteiger partial charge in [-0.3, -0.25) is 0 Å². The normalized spacial score (nSPS) is 9.31. The van der Waals surface area contributed by atoms with Crippen LogP contribution in [0.2, 0.25) is 0 Å². The number of hydrogen-bond acceptors (Lipinski definition) is 1. The molecule has 66 valence electrons. The highest BCUT2D eigenvalue weighted by atomic mass is 14.2. The lowest BCUT2D eigenvalue weighted by Gasteiger charge is -2.04. The van der Waals surface area contributed by atoms with Gasteiger partial charge in [-0.05, 0) is 43.5 Å². The van der Waals surface area contributed by atoms with E-state index in [-0.39, 0.29) is 0 Å². The van der Waals surface area contributed by atoms with Gasteiger partial charge in [-0.1, -0.05) is 18.2 Å². The van der Waals surface area contributed by atoms with Crippen LogP contribution >= 0.6 is 0 Å². The van der Waals surface area contributed by atoms with E-state index in [1.165, 1.54) is 11.1 Å².